The minimum atomic E-state index is 0.0416. The molecule has 6 heteroatoms. The number of unbranched alkanes of at least 4 members (excludes halogenated alkanes) is 1. The molecule has 0 bridgehead atoms. The van der Waals surface area contributed by atoms with Crippen LogP contribution < -0.4 is 5.73 Å². The summed E-state index contributed by atoms with van der Waals surface area (Å²) in [5, 5.41) is 0.904. The zero-order chi connectivity index (χ0) is 20.2. The Labute approximate surface area is 176 Å². The molecule has 1 aliphatic rings. The SMILES string of the molecule is CCCCc1ccc2c(N)c(C(=O)N3CCN(Cc4ccccc4)CC3)sc2n1. The number of pyridine rings is 1. The first-order valence-corrected chi connectivity index (χ1v) is 11.2. The molecule has 1 saturated heterocycles. The van der Waals surface area contributed by atoms with Gasteiger partial charge in [0.25, 0.3) is 5.91 Å². The summed E-state index contributed by atoms with van der Waals surface area (Å²) in [7, 11) is 0. The number of hydrogen-bond acceptors (Lipinski definition) is 5. The maximum Gasteiger partial charge on any atom is 0.266 e. The molecule has 1 aromatic carbocycles. The number of nitrogens with zero attached hydrogens (tertiary/aromatic N) is 3. The van der Waals surface area contributed by atoms with Gasteiger partial charge in [-0.2, -0.15) is 0 Å². The molecule has 29 heavy (non-hydrogen) atoms. The molecule has 0 atom stereocenters. The van der Waals surface area contributed by atoms with Gasteiger partial charge in [0.2, 0.25) is 0 Å². The summed E-state index contributed by atoms with van der Waals surface area (Å²) in [6.07, 6.45) is 3.24. The fourth-order valence-corrected chi connectivity index (χ4v) is 4.87. The second kappa shape index (κ2) is 8.93. The highest BCUT2D eigenvalue weighted by Crippen LogP contribution is 2.34. The normalized spacial score (nSPS) is 15.1. The van der Waals surface area contributed by atoms with Crippen LogP contribution in [0.1, 0.15) is 40.7 Å². The van der Waals surface area contributed by atoms with E-state index in [1.807, 2.05) is 23.1 Å². The average molecular weight is 409 g/mol. The summed E-state index contributed by atoms with van der Waals surface area (Å²) in [6, 6.07) is 14.5. The van der Waals surface area contributed by atoms with Crippen LogP contribution in [0.3, 0.4) is 0 Å². The van der Waals surface area contributed by atoms with Crippen LogP contribution in [0.2, 0.25) is 0 Å². The number of thiophene rings is 1. The van der Waals surface area contributed by atoms with Crippen LogP contribution in [0.25, 0.3) is 10.2 Å². The highest BCUT2D eigenvalue weighted by Gasteiger charge is 2.26. The molecule has 1 fully saturated rings. The molecular weight excluding hydrogens is 380 g/mol. The molecule has 1 aliphatic heterocycles. The minimum absolute atomic E-state index is 0.0416. The van der Waals surface area contributed by atoms with Gasteiger partial charge in [0, 0.05) is 43.8 Å². The van der Waals surface area contributed by atoms with Gasteiger partial charge in [-0.3, -0.25) is 9.69 Å². The van der Waals surface area contributed by atoms with Crippen molar-refractivity contribution in [3.63, 3.8) is 0 Å². The molecule has 0 radical (unpaired) electrons. The van der Waals surface area contributed by atoms with Gasteiger partial charge < -0.3 is 10.6 Å². The zero-order valence-corrected chi connectivity index (χ0v) is 17.8. The van der Waals surface area contributed by atoms with Gasteiger partial charge in [-0.25, -0.2) is 4.98 Å². The third kappa shape index (κ3) is 4.43. The van der Waals surface area contributed by atoms with Crippen molar-refractivity contribution in [2.75, 3.05) is 31.9 Å². The first-order chi connectivity index (χ1) is 14.2. The Morgan fingerprint density at radius 1 is 1.10 bits per heavy atom. The van der Waals surface area contributed by atoms with Crippen molar-refractivity contribution >= 4 is 33.1 Å². The number of aromatic nitrogens is 1. The van der Waals surface area contributed by atoms with Crippen molar-refractivity contribution in [3.05, 3.63) is 58.6 Å². The number of anilines is 1. The summed E-state index contributed by atoms with van der Waals surface area (Å²) in [5.41, 5.74) is 9.31. The Kier molecular flexibility index (Phi) is 6.11. The highest BCUT2D eigenvalue weighted by atomic mass is 32.1. The minimum Gasteiger partial charge on any atom is -0.397 e. The van der Waals surface area contributed by atoms with E-state index in [2.05, 4.69) is 36.1 Å². The van der Waals surface area contributed by atoms with E-state index in [0.717, 1.165) is 67.9 Å². The van der Waals surface area contributed by atoms with Gasteiger partial charge >= 0.3 is 0 Å². The Morgan fingerprint density at radius 3 is 2.59 bits per heavy atom. The molecular formula is C23H28N4OS. The molecule has 152 valence electrons. The van der Waals surface area contributed by atoms with E-state index in [1.165, 1.54) is 16.9 Å². The fraction of sp³-hybridized carbons (Fsp3) is 0.391. The van der Waals surface area contributed by atoms with Crippen LogP contribution in [-0.2, 0) is 13.0 Å². The van der Waals surface area contributed by atoms with Crippen LogP contribution in [0, 0.1) is 0 Å². The Morgan fingerprint density at radius 2 is 1.86 bits per heavy atom. The number of rotatable bonds is 6. The predicted molar refractivity (Wildman–Crippen MR) is 120 cm³/mol. The Bertz CT molecular complexity index is 977. The van der Waals surface area contributed by atoms with Gasteiger partial charge in [0.1, 0.15) is 9.71 Å². The molecule has 3 aromatic rings. The van der Waals surface area contributed by atoms with Crippen LogP contribution in [0.15, 0.2) is 42.5 Å². The largest absolute Gasteiger partial charge is 0.397 e. The van der Waals surface area contributed by atoms with Gasteiger partial charge in [-0.05, 0) is 30.5 Å². The number of carbonyl (C=O) groups is 1. The lowest BCUT2D eigenvalue weighted by atomic mass is 10.1. The number of hydrogen-bond donors (Lipinski definition) is 1. The van der Waals surface area contributed by atoms with E-state index in [0.29, 0.717) is 10.6 Å². The lowest BCUT2D eigenvalue weighted by molar-refractivity contribution is 0.0634. The van der Waals surface area contributed by atoms with E-state index >= 15 is 0 Å². The van der Waals surface area contributed by atoms with Crippen LogP contribution in [0.4, 0.5) is 5.69 Å². The topological polar surface area (TPSA) is 62.5 Å². The number of amides is 1. The van der Waals surface area contributed by atoms with E-state index in [1.54, 1.807) is 0 Å². The first kappa shape index (κ1) is 19.9. The summed E-state index contributed by atoms with van der Waals surface area (Å²) >= 11 is 1.44. The van der Waals surface area contributed by atoms with Gasteiger partial charge in [0.15, 0.2) is 0 Å². The maximum absolute atomic E-state index is 13.1. The molecule has 2 aromatic heterocycles. The maximum atomic E-state index is 13.1. The number of nitrogen functional groups attached to an aromatic ring is 1. The predicted octanol–water partition coefficient (Wildman–Crippen LogP) is 4.18. The van der Waals surface area contributed by atoms with Gasteiger partial charge in [-0.1, -0.05) is 43.7 Å². The standard InChI is InChI=1S/C23H28N4OS/c1-2-3-9-18-10-11-19-20(24)21(29-22(19)25-18)23(28)27-14-12-26(13-15-27)16-17-7-5-4-6-8-17/h4-8,10-11H,2-3,9,12-16,24H2,1H3. The summed E-state index contributed by atoms with van der Waals surface area (Å²) in [6.45, 7) is 6.33. The lowest BCUT2D eigenvalue weighted by Gasteiger charge is -2.34. The van der Waals surface area contributed by atoms with E-state index in [9.17, 15) is 4.79 Å². The van der Waals surface area contributed by atoms with E-state index < -0.39 is 0 Å². The Hall–Kier alpha value is -2.44. The molecule has 1 amide bonds. The van der Waals surface area contributed by atoms with Crippen molar-refractivity contribution < 1.29 is 4.79 Å². The molecule has 3 heterocycles. The molecule has 2 N–H and O–H groups in total. The smallest absolute Gasteiger partial charge is 0.266 e. The van der Waals surface area contributed by atoms with Crippen molar-refractivity contribution in [1.29, 1.82) is 0 Å². The van der Waals surface area contributed by atoms with Gasteiger partial charge in [-0.15, -0.1) is 11.3 Å². The quantitative estimate of drug-likeness (QED) is 0.665. The highest BCUT2D eigenvalue weighted by molar-refractivity contribution is 7.21. The second-order valence-corrected chi connectivity index (χ2v) is 8.66. The van der Waals surface area contributed by atoms with Crippen molar-refractivity contribution in [2.45, 2.75) is 32.7 Å². The summed E-state index contributed by atoms with van der Waals surface area (Å²) in [4.78, 5) is 23.7. The third-order valence-electron chi connectivity index (χ3n) is 5.54. The lowest BCUT2D eigenvalue weighted by Crippen LogP contribution is -2.48. The molecule has 0 spiro atoms. The van der Waals surface area contributed by atoms with Crippen LogP contribution >= 0.6 is 11.3 Å². The van der Waals surface area contributed by atoms with Crippen molar-refractivity contribution in [2.24, 2.45) is 0 Å². The third-order valence-corrected chi connectivity index (χ3v) is 6.64. The molecule has 0 saturated carbocycles. The van der Waals surface area contributed by atoms with Crippen molar-refractivity contribution in [1.82, 2.24) is 14.8 Å². The van der Waals surface area contributed by atoms with Gasteiger partial charge in [0.05, 0.1) is 5.69 Å². The fourth-order valence-electron chi connectivity index (χ4n) is 3.79. The molecule has 5 nitrogen and oxygen atoms in total. The van der Waals surface area contributed by atoms with E-state index in [4.69, 9.17) is 10.7 Å². The van der Waals surface area contributed by atoms with E-state index in [-0.39, 0.29) is 5.91 Å². The second-order valence-electron chi connectivity index (χ2n) is 7.66. The first-order valence-electron chi connectivity index (χ1n) is 10.4. The Balaban J connectivity index is 1.43. The summed E-state index contributed by atoms with van der Waals surface area (Å²) in [5.74, 6) is 0.0416. The van der Waals surface area contributed by atoms with Crippen LogP contribution in [0.5, 0.6) is 0 Å². The monoisotopic (exact) mass is 408 g/mol. The number of aryl methyl sites for hydroxylation is 1. The number of piperazine rings is 1. The number of nitrogens with two attached hydrogens (primary N) is 1. The average Bonchev–Trinajstić information content (AvgIpc) is 3.09. The zero-order valence-electron chi connectivity index (χ0n) is 16.9. The summed E-state index contributed by atoms with van der Waals surface area (Å²) < 4.78 is 0. The molecule has 4 rings (SSSR count). The molecule has 0 unspecified atom stereocenters. The number of fused-ring (bicyclic) bond motifs is 1. The number of carbonyl (C=O) groups excluding carboxylic acids is 1. The van der Waals surface area contributed by atoms with Crippen LogP contribution in [-0.4, -0.2) is 46.9 Å². The number of benzene rings is 1. The van der Waals surface area contributed by atoms with Crippen molar-refractivity contribution in [3.8, 4) is 0 Å². The molecule has 0 aliphatic carbocycles.